The third-order valence-corrected chi connectivity index (χ3v) is 2.25. The Morgan fingerprint density at radius 1 is 1.57 bits per heavy atom. The van der Waals surface area contributed by atoms with Gasteiger partial charge in [0.1, 0.15) is 0 Å². The molecule has 0 spiro atoms. The van der Waals surface area contributed by atoms with Crippen molar-refractivity contribution in [3.05, 3.63) is 28.9 Å². The van der Waals surface area contributed by atoms with Crippen molar-refractivity contribution in [1.29, 1.82) is 0 Å². The fourth-order valence-corrected chi connectivity index (χ4v) is 1.55. The molecular formula is C9H7ClN2O2. The monoisotopic (exact) mass is 210 g/mol. The van der Waals surface area contributed by atoms with E-state index in [0.717, 1.165) is 5.52 Å². The average molecular weight is 211 g/mol. The van der Waals surface area contributed by atoms with E-state index in [0.29, 0.717) is 10.4 Å². The molecule has 0 atom stereocenters. The van der Waals surface area contributed by atoms with Crippen molar-refractivity contribution in [3.63, 3.8) is 0 Å². The van der Waals surface area contributed by atoms with Crippen molar-refractivity contribution in [3.8, 4) is 0 Å². The number of carboxylic acids is 1. The van der Waals surface area contributed by atoms with Crippen LogP contribution in [0.15, 0.2) is 18.2 Å². The summed E-state index contributed by atoms with van der Waals surface area (Å²) >= 11 is 5.79. The maximum atomic E-state index is 10.8. The van der Waals surface area contributed by atoms with Crippen LogP contribution in [0, 0.1) is 0 Å². The molecule has 0 saturated carbocycles. The van der Waals surface area contributed by atoms with Crippen molar-refractivity contribution in [2.75, 3.05) is 0 Å². The van der Waals surface area contributed by atoms with Crippen LogP contribution in [0.4, 0.5) is 0 Å². The number of halogens is 1. The lowest BCUT2D eigenvalue weighted by atomic mass is 10.2. The van der Waals surface area contributed by atoms with Gasteiger partial charge in [0.15, 0.2) is 5.69 Å². The van der Waals surface area contributed by atoms with Gasteiger partial charge >= 0.3 is 5.97 Å². The Kier molecular flexibility index (Phi) is 1.93. The molecule has 0 saturated heterocycles. The van der Waals surface area contributed by atoms with Crippen molar-refractivity contribution in [2.45, 2.75) is 0 Å². The van der Waals surface area contributed by atoms with Crippen molar-refractivity contribution in [1.82, 2.24) is 9.78 Å². The molecule has 0 fully saturated rings. The van der Waals surface area contributed by atoms with E-state index in [1.165, 1.54) is 4.68 Å². The lowest BCUT2D eigenvalue weighted by Crippen LogP contribution is -1.99. The molecule has 0 aliphatic heterocycles. The summed E-state index contributed by atoms with van der Waals surface area (Å²) < 4.78 is 1.50. The highest BCUT2D eigenvalue weighted by molar-refractivity contribution is 6.31. The van der Waals surface area contributed by atoms with Gasteiger partial charge < -0.3 is 5.11 Å². The zero-order valence-electron chi connectivity index (χ0n) is 7.36. The summed E-state index contributed by atoms with van der Waals surface area (Å²) in [7, 11) is 1.69. The zero-order valence-corrected chi connectivity index (χ0v) is 8.12. The largest absolute Gasteiger partial charge is 0.476 e. The molecule has 72 valence electrons. The Labute approximate surface area is 84.7 Å². The number of benzene rings is 1. The van der Waals surface area contributed by atoms with E-state index in [4.69, 9.17) is 16.7 Å². The average Bonchev–Trinajstić information content (AvgIpc) is 2.44. The molecule has 0 amide bonds. The van der Waals surface area contributed by atoms with E-state index in [2.05, 4.69) is 5.10 Å². The van der Waals surface area contributed by atoms with Gasteiger partial charge in [0.25, 0.3) is 0 Å². The van der Waals surface area contributed by atoms with Gasteiger partial charge in [-0.2, -0.15) is 5.10 Å². The molecule has 0 bridgehead atoms. The second-order valence-corrected chi connectivity index (χ2v) is 3.38. The molecule has 0 aliphatic carbocycles. The number of nitrogens with zero attached hydrogens (tertiary/aromatic N) is 2. The van der Waals surface area contributed by atoms with Gasteiger partial charge in [0.2, 0.25) is 0 Å². The second kappa shape index (κ2) is 2.99. The summed E-state index contributed by atoms with van der Waals surface area (Å²) in [6, 6.07) is 5.00. The lowest BCUT2D eigenvalue weighted by molar-refractivity contribution is 0.0691. The highest BCUT2D eigenvalue weighted by Crippen LogP contribution is 2.21. The van der Waals surface area contributed by atoms with E-state index in [-0.39, 0.29) is 5.69 Å². The number of hydrogen-bond donors (Lipinski definition) is 1. The van der Waals surface area contributed by atoms with Gasteiger partial charge in [0.05, 0.1) is 5.52 Å². The van der Waals surface area contributed by atoms with Gasteiger partial charge in [0, 0.05) is 17.5 Å². The van der Waals surface area contributed by atoms with Gasteiger partial charge in [-0.05, 0) is 18.2 Å². The minimum Gasteiger partial charge on any atom is -0.476 e. The molecule has 1 aromatic carbocycles. The van der Waals surface area contributed by atoms with Gasteiger partial charge in [-0.3, -0.25) is 4.68 Å². The van der Waals surface area contributed by atoms with Crippen molar-refractivity contribution < 1.29 is 9.90 Å². The normalized spacial score (nSPS) is 10.7. The van der Waals surface area contributed by atoms with Crippen LogP contribution in [0.5, 0.6) is 0 Å². The number of hydrogen-bond acceptors (Lipinski definition) is 2. The molecule has 1 N–H and O–H groups in total. The van der Waals surface area contributed by atoms with Crippen LogP contribution in [-0.2, 0) is 7.05 Å². The van der Waals surface area contributed by atoms with Crippen LogP contribution in [0.3, 0.4) is 0 Å². The van der Waals surface area contributed by atoms with Crippen molar-refractivity contribution in [2.24, 2.45) is 7.05 Å². The highest BCUT2D eigenvalue weighted by Gasteiger charge is 2.14. The quantitative estimate of drug-likeness (QED) is 0.783. The summed E-state index contributed by atoms with van der Waals surface area (Å²) in [5.74, 6) is -1.03. The zero-order chi connectivity index (χ0) is 10.3. The fraction of sp³-hybridized carbons (Fsp3) is 0.111. The smallest absolute Gasteiger partial charge is 0.357 e. The van der Waals surface area contributed by atoms with Crippen LogP contribution in [0.2, 0.25) is 5.02 Å². The van der Waals surface area contributed by atoms with Crippen LogP contribution in [-0.4, -0.2) is 20.9 Å². The number of rotatable bonds is 1. The molecule has 0 unspecified atom stereocenters. The molecule has 0 aliphatic rings. The van der Waals surface area contributed by atoms with Crippen LogP contribution >= 0.6 is 11.6 Å². The van der Waals surface area contributed by atoms with E-state index < -0.39 is 5.97 Å². The van der Waals surface area contributed by atoms with Crippen molar-refractivity contribution >= 4 is 28.5 Å². The molecule has 1 heterocycles. The van der Waals surface area contributed by atoms with Gasteiger partial charge in [-0.1, -0.05) is 11.6 Å². The summed E-state index contributed by atoms with van der Waals surface area (Å²) in [5, 5.41) is 13.9. The summed E-state index contributed by atoms with van der Waals surface area (Å²) in [4.78, 5) is 10.8. The molecule has 0 radical (unpaired) electrons. The predicted molar refractivity (Wildman–Crippen MR) is 52.7 cm³/mol. The first-order valence-electron chi connectivity index (χ1n) is 3.95. The Morgan fingerprint density at radius 3 is 2.93 bits per heavy atom. The number of fused-ring (bicyclic) bond motifs is 1. The fourth-order valence-electron chi connectivity index (χ4n) is 1.39. The second-order valence-electron chi connectivity index (χ2n) is 2.94. The first kappa shape index (κ1) is 9.02. The minimum atomic E-state index is -1.03. The van der Waals surface area contributed by atoms with Gasteiger partial charge in [-0.15, -0.1) is 0 Å². The first-order chi connectivity index (χ1) is 6.59. The topological polar surface area (TPSA) is 55.1 Å². The first-order valence-corrected chi connectivity index (χ1v) is 4.33. The van der Waals surface area contributed by atoms with Gasteiger partial charge in [-0.25, -0.2) is 4.79 Å². The third kappa shape index (κ3) is 1.24. The number of aromatic carboxylic acids is 1. The number of aryl methyl sites for hydroxylation is 1. The molecule has 14 heavy (non-hydrogen) atoms. The highest BCUT2D eigenvalue weighted by atomic mass is 35.5. The minimum absolute atomic E-state index is 0.0548. The molecule has 2 rings (SSSR count). The molecule has 1 aromatic heterocycles. The Bertz CT molecular complexity index is 519. The number of carbonyl (C=O) groups is 1. The van der Waals surface area contributed by atoms with E-state index in [1.807, 2.05) is 0 Å². The van der Waals surface area contributed by atoms with Crippen LogP contribution < -0.4 is 0 Å². The summed E-state index contributed by atoms with van der Waals surface area (Å²) in [5.41, 5.74) is 0.772. The Balaban J connectivity index is 2.84. The number of carboxylic acid groups (broad SMARTS) is 1. The van der Waals surface area contributed by atoms with Crippen LogP contribution in [0.1, 0.15) is 10.5 Å². The Hall–Kier alpha value is -1.55. The maximum absolute atomic E-state index is 10.8. The van der Waals surface area contributed by atoms with E-state index >= 15 is 0 Å². The maximum Gasteiger partial charge on any atom is 0.357 e. The molecule has 4 nitrogen and oxygen atoms in total. The molecule has 2 aromatic rings. The van der Waals surface area contributed by atoms with E-state index in [1.54, 1.807) is 25.2 Å². The molecule has 5 heteroatoms. The summed E-state index contributed by atoms with van der Waals surface area (Å²) in [6.45, 7) is 0. The SMILES string of the molecule is Cn1nc(C(=O)O)c2ccc(Cl)cc21. The third-order valence-electron chi connectivity index (χ3n) is 2.02. The van der Waals surface area contributed by atoms with E-state index in [9.17, 15) is 4.79 Å². The predicted octanol–water partition coefficient (Wildman–Crippen LogP) is 1.92. The Morgan fingerprint density at radius 2 is 2.29 bits per heavy atom. The lowest BCUT2D eigenvalue weighted by Gasteiger charge is -1.93. The number of aromatic nitrogens is 2. The summed E-state index contributed by atoms with van der Waals surface area (Å²) in [6.07, 6.45) is 0. The van der Waals surface area contributed by atoms with Crippen LogP contribution in [0.25, 0.3) is 10.9 Å². The standard InChI is InChI=1S/C9H7ClN2O2/c1-12-7-4-5(10)2-3-6(7)8(11-12)9(13)14/h2-4H,1H3,(H,13,14). The molecular weight excluding hydrogens is 204 g/mol.